The van der Waals surface area contributed by atoms with Crippen LogP contribution in [0.3, 0.4) is 0 Å². The van der Waals surface area contributed by atoms with Gasteiger partial charge in [-0.3, -0.25) is 14.6 Å². The molecule has 2 N–H and O–H groups in total. The average molecular weight is 513 g/mol. The van der Waals surface area contributed by atoms with Gasteiger partial charge in [-0.1, -0.05) is 66.7 Å². The topological polar surface area (TPSA) is 89.6 Å². The summed E-state index contributed by atoms with van der Waals surface area (Å²) in [6.45, 7) is 9.73. The van der Waals surface area contributed by atoms with Crippen LogP contribution in [0.1, 0.15) is 45.9 Å². The molecule has 1 unspecified atom stereocenters. The number of pyridine rings is 1. The molecule has 0 aliphatic carbocycles. The third kappa shape index (κ3) is 6.49. The van der Waals surface area contributed by atoms with Crippen molar-refractivity contribution in [2.45, 2.75) is 64.7 Å². The molecular formula is C30H36BN3O4. The molecule has 0 radical (unpaired) electrons. The summed E-state index contributed by atoms with van der Waals surface area (Å²) >= 11 is 0. The molecule has 2 atom stereocenters. The van der Waals surface area contributed by atoms with Gasteiger partial charge in [0.1, 0.15) is 5.92 Å². The second kappa shape index (κ2) is 11.5. The summed E-state index contributed by atoms with van der Waals surface area (Å²) in [5.74, 6) is -2.13. The molecule has 1 fully saturated rings. The predicted molar refractivity (Wildman–Crippen MR) is 149 cm³/mol. The fraction of sp³-hybridized carbons (Fsp3) is 0.367. The molecule has 4 rings (SSSR count). The standard InChI is InChI=1S/C30H36BN3O4/c1-21(27(35)32-20-24-17-12-18-25(33-24)23-15-10-7-11-16-23)28(36)34-26(19-22-13-8-6-9-14-22)31-37-29(2,3)30(4,5)38-31/h6-18,21,26H,19-20H2,1-5H3,(H,32,35)(H,34,36)/t21?,26-/m0/s1. The second-order valence-corrected chi connectivity index (χ2v) is 10.7. The van der Waals surface area contributed by atoms with Crippen molar-refractivity contribution in [1.82, 2.24) is 15.6 Å². The van der Waals surface area contributed by atoms with E-state index in [1.807, 2.05) is 107 Å². The van der Waals surface area contributed by atoms with E-state index in [1.54, 1.807) is 6.92 Å². The number of carbonyl (C=O) groups is 2. The molecule has 1 aliphatic heterocycles. The Labute approximate surface area is 225 Å². The third-order valence-electron chi connectivity index (χ3n) is 7.33. The van der Waals surface area contributed by atoms with Gasteiger partial charge in [-0.25, -0.2) is 0 Å². The van der Waals surface area contributed by atoms with Gasteiger partial charge in [0, 0.05) is 5.56 Å². The summed E-state index contributed by atoms with van der Waals surface area (Å²) in [5, 5.41) is 5.88. The number of hydrogen-bond acceptors (Lipinski definition) is 5. The molecule has 38 heavy (non-hydrogen) atoms. The van der Waals surface area contributed by atoms with Gasteiger partial charge in [0.05, 0.1) is 35.1 Å². The Kier molecular flexibility index (Phi) is 8.33. The first kappa shape index (κ1) is 27.5. The maximum Gasteiger partial charge on any atom is 0.482 e. The van der Waals surface area contributed by atoms with E-state index in [2.05, 4.69) is 15.6 Å². The number of nitrogens with one attached hydrogen (secondary N) is 2. The summed E-state index contributed by atoms with van der Waals surface area (Å²) < 4.78 is 12.5. The molecule has 8 heteroatoms. The van der Waals surface area contributed by atoms with Crippen LogP contribution >= 0.6 is 0 Å². The maximum absolute atomic E-state index is 13.2. The van der Waals surface area contributed by atoms with Crippen LogP contribution in [0.15, 0.2) is 78.9 Å². The highest BCUT2D eigenvalue weighted by Crippen LogP contribution is 2.38. The van der Waals surface area contributed by atoms with Crippen LogP contribution in [-0.2, 0) is 31.9 Å². The minimum Gasteiger partial charge on any atom is -0.402 e. The van der Waals surface area contributed by atoms with Gasteiger partial charge in [-0.05, 0) is 58.7 Å². The number of hydrogen-bond donors (Lipinski definition) is 2. The average Bonchev–Trinajstić information content (AvgIpc) is 3.14. The fourth-order valence-corrected chi connectivity index (χ4v) is 4.24. The van der Waals surface area contributed by atoms with Crippen LogP contribution < -0.4 is 10.6 Å². The molecule has 0 saturated carbocycles. The Balaban J connectivity index is 1.40. The number of rotatable bonds is 9. The normalized spacial score (nSPS) is 17.4. The molecule has 2 aromatic carbocycles. The Morgan fingerprint density at radius 2 is 1.45 bits per heavy atom. The molecule has 1 aromatic heterocycles. The van der Waals surface area contributed by atoms with Crippen LogP contribution in [0.4, 0.5) is 0 Å². The number of nitrogens with zero attached hydrogens (tertiary/aromatic N) is 1. The van der Waals surface area contributed by atoms with Crippen molar-refractivity contribution in [1.29, 1.82) is 0 Å². The zero-order chi connectivity index (χ0) is 27.3. The number of benzene rings is 2. The van der Waals surface area contributed by atoms with Crippen LogP contribution in [0.2, 0.25) is 0 Å². The van der Waals surface area contributed by atoms with Crippen molar-refractivity contribution in [3.8, 4) is 11.3 Å². The summed E-state index contributed by atoms with van der Waals surface area (Å²) in [6.07, 6.45) is 0.508. The van der Waals surface area contributed by atoms with Gasteiger partial charge in [-0.2, -0.15) is 0 Å². The van der Waals surface area contributed by atoms with E-state index in [0.29, 0.717) is 12.1 Å². The lowest BCUT2D eigenvalue weighted by Gasteiger charge is -2.32. The highest BCUT2D eigenvalue weighted by molar-refractivity contribution is 6.48. The van der Waals surface area contributed by atoms with E-state index in [4.69, 9.17) is 9.31 Å². The minimum absolute atomic E-state index is 0.224. The van der Waals surface area contributed by atoms with Crippen molar-refractivity contribution in [2.75, 3.05) is 0 Å². The number of carbonyl (C=O) groups excluding carboxylic acids is 2. The highest BCUT2D eigenvalue weighted by Gasteiger charge is 2.54. The Hall–Kier alpha value is -3.49. The van der Waals surface area contributed by atoms with Crippen molar-refractivity contribution >= 4 is 18.9 Å². The molecule has 198 valence electrons. The van der Waals surface area contributed by atoms with Crippen molar-refractivity contribution in [3.05, 3.63) is 90.1 Å². The van der Waals surface area contributed by atoms with Gasteiger partial charge in [0.15, 0.2) is 0 Å². The fourth-order valence-electron chi connectivity index (χ4n) is 4.24. The predicted octanol–water partition coefficient (Wildman–Crippen LogP) is 4.36. The summed E-state index contributed by atoms with van der Waals surface area (Å²) in [7, 11) is -0.649. The lowest BCUT2D eigenvalue weighted by atomic mass is 9.74. The number of aromatic nitrogens is 1. The van der Waals surface area contributed by atoms with E-state index in [9.17, 15) is 9.59 Å². The Morgan fingerprint density at radius 1 is 0.842 bits per heavy atom. The molecule has 7 nitrogen and oxygen atoms in total. The zero-order valence-electron chi connectivity index (χ0n) is 22.7. The van der Waals surface area contributed by atoms with Crippen molar-refractivity contribution < 1.29 is 18.9 Å². The van der Waals surface area contributed by atoms with Gasteiger partial charge in [0.2, 0.25) is 11.8 Å². The molecule has 2 amide bonds. The number of amides is 2. The monoisotopic (exact) mass is 513 g/mol. The molecule has 0 bridgehead atoms. The molecule has 3 aromatic rings. The Morgan fingerprint density at radius 3 is 2.08 bits per heavy atom. The summed E-state index contributed by atoms with van der Waals surface area (Å²) in [6, 6.07) is 25.4. The van der Waals surface area contributed by atoms with Gasteiger partial charge >= 0.3 is 7.12 Å². The lowest BCUT2D eigenvalue weighted by Crippen LogP contribution is -2.52. The van der Waals surface area contributed by atoms with E-state index in [-0.39, 0.29) is 18.4 Å². The third-order valence-corrected chi connectivity index (χ3v) is 7.33. The molecule has 1 saturated heterocycles. The van der Waals surface area contributed by atoms with Crippen molar-refractivity contribution in [3.63, 3.8) is 0 Å². The van der Waals surface area contributed by atoms with Gasteiger partial charge in [-0.15, -0.1) is 0 Å². The van der Waals surface area contributed by atoms with E-state index in [1.165, 1.54) is 0 Å². The van der Waals surface area contributed by atoms with E-state index < -0.39 is 30.2 Å². The van der Waals surface area contributed by atoms with Gasteiger partial charge in [0.25, 0.3) is 0 Å². The summed E-state index contributed by atoms with van der Waals surface area (Å²) in [4.78, 5) is 30.8. The van der Waals surface area contributed by atoms with Crippen LogP contribution in [0.25, 0.3) is 11.3 Å². The van der Waals surface area contributed by atoms with Crippen LogP contribution in [0.5, 0.6) is 0 Å². The molecule has 2 heterocycles. The van der Waals surface area contributed by atoms with Gasteiger partial charge < -0.3 is 19.9 Å². The quantitative estimate of drug-likeness (QED) is 0.328. The van der Waals surface area contributed by atoms with E-state index in [0.717, 1.165) is 16.8 Å². The van der Waals surface area contributed by atoms with Crippen LogP contribution in [-0.4, -0.2) is 41.1 Å². The first-order valence-electron chi connectivity index (χ1n) is 13.0. The summed E-state index contributed by atoms with van der Waals surface area (Å²) in [5.41, 5.74) is 2.50. The highest BCUT2D eigenvalue weighted by atomic mass is 16.7. The van der Waals surface area contributed by atoms with E-state index >= 15 is 0 Å². The van der Waals surface area contributed by atoms with Crippen LogP contribution in [0, 0.1) is 5.92 Å². The Bertz CT molecular complexity index is 1230. The van der Waals surface area contributed by atoms with Crippen molar-refractivity contribution in [2.24, 2.45) is 5.92 Å². The maximum atomic E-state index is 13.2. The molecule has 1 aliphatic rings. The smallest absolute Gasteiger partial charge is 0.402 e. The lowest BCUT2D eigenvalue weighted by molar-refractivity contribution is -0.134. The second-order valence-electron chi connectivity index (χ2n) is 10.7. The molecular weight excluding hydrogens is 477 g/mol. The largest absolute Gasteiger partial charge is 0.482 e. The zero-order valence-corrected chi connectivity index (χ0v) is 22.7. The SMILES string of the molecule is CC(C(=O)NCc1cccc(-c2ccccc2)n1)C(=O)N[C@@H](Cc1ccccc1)B1OC(C)(C)C(C)(C)O1. The molecule has 0 spiro atoms. The first-order valence-corrected chi connectivity index (χ1v) is 13.0. The first-order chi connectivity index (χ1) is 18.1. The minimum atomic E-state index is -0.909.